The van der Waals surface area contributed by atoms with Gasteiger partial charge in [-0.3, -0.25) is 4.79 Å². The summed E-state index contributed by atoms with van der Waals surface area (Å²) in [5.41, 5.74) is 1.14. The highest BCUT2D eigenvalue weighted by molar-refractivity contribution is 7.13. The Morgan fingerprint density at radius 1 is 1.40 bits per heavy atom. The van der Waals surface area contributed by atoms with Crippen LogP contribution in [0.15, 0.2) is 5.38 Å². The maximum absolute atomic E-state index is 11.8. The zero-order chi connectivity index (χ0) is 13.8. The van der Waals surface area contributed by atoms with Gasteiger partial charge in [-0.25, -0.2) is 4.98 Å². The Kier molecular flexibility index (Phi) is 4.65. The van der Waals surface area contributed by atoms with Gasteiger partial charge in [-0.1, -0.05) is 0 Å². The van der Waals surface area contributed by atoms with E-state index in [2.05, 4.69) is 21.0 Å². The van der Waals surface area contributed by atoms with Crippen LogP contribution in [0.5, 0.6) is 0 Å². The zero-order valence-corrected chi connectivity index (χ0v) is 12.4. The Balaban J connectivity index is 1.35. The highest BCUT2D eigenvalue weighted by Gasteiger charge is 2.26. The molecule has 1 saturated carbocycles. The molecule has 1 aliphatic heterocycles. The van der Waals surface area contributed by atoms with Gasteiger partial charge >= 0.3 is 0 Å². The van der Waals surface area contributed by atoms with Gasteiger partial charge in [0.2, 0.25) is 5.91 Å². The first kappa shape index (κ1) is 14.0. The minimum atomic E-state index is -0.00405. The second-order valence-electron chi connectivity index (χ2n) is 5.47. The van der Waals surface area contributed by atoms with Crippen molar-refractivity contribution >= 4 is 22.4 Å². The average Bonchev–Trinajstić information content (AvgIpc) is 3.21. The fourth-order valence-electron chi connectivity index (χ4n) is 2.37. The van der Waals surface area contributed by atoms with Gasteiger partial charge in [0.15, 0.2) is 5.13 Å². The van der Waals surface area contributed by atoms with Gasteiger partial charge < -0.3 is 15.4 Å². The van der Waals surface area contributed by atoms with Crippen LogP contribution in [0.25, 0.3) is 0 Å². The van der Waals surface area contributed by atoms with E-state index in [9.17, 15) is 4.79 Å². The topological polar surface area (TPSA) is 63.2 Å². The predicted octanol–water partition coefficient (Wildman–Crippen LogP) is 2.12. The molecule has 5 nitrogen and oxygen atoms in total. The quantitative estimate of drug-likeness (QED) is 0.844. The molecular weight excluding hydrogens is 274 g/mol. The van der Waals surface area contributed by atoms with E-state index in [1.165, 1.54) is 24.2 Å². The number of rotatable bonds is 6. The fourth-order valence-corrected chi connectivity index (χ4v) is 3.18. The van der Waals surface area contributed by atoms with Gasteiger partial charge in [0, 0.05) is 11.3 Å². The van der Waals surface area contributed by atoms with E-state index in [0.717, 1.165) is 36.8 Å². The molecule has 20 heavy (non-hydrogen) atoms. The van der Waals surface area contributed by atoms with Gasteiger partial charge in [0.1, 0.15) is 0 Å². The summed E-state index contributed by atoms with van der Waals surface area (Å²) in [6, 6.07) is 0. The number of hydrogen-bond acceptors (Lipinski definition) is 5. The van der Waals surface area contributed by atoms with Crippen molar-refractivity contribution in [3.63, 3.8) is 0 Å². The summed E-state index contributed by atoms with van der Waals surface area (Å²) in [5, 5.41) is 8.93. The summed E-state index contributed by atoms with van der Waals surface area (Å²) in [6.45, 7) is 2.53. The molecule has 110 valence electrons. The van der Waals surface area contributed by atoms with E-state index in [-0.39, 0.29) is 5.91 Å². The molecule has 2 fully saturated rings. The third kappa shape index (κ3) is 4.01. The number of hydrogen-bond donors (Lipinski definition) is 2. The standard InChI is InChI=1S/C14H21N3O2S/c18-13(5-8-19-11-3-6-15-7-4-11)17-14-16-12(9-20-14)10-1-2-10/h9-11,15H,1-8H2,(H,16,17,18). The molecule has 1 aliphatic carbocycles. The lowest BCUT2D eigenvalue weighted by molar-refractivity contribution is -0.117. The van der Waals surface area contributed by atoms with Crippen molar-refractivity contribution in [2.24, 2.45) is 0 Å². The minimum absolute atomic E-state index is 0.00405. The molecule has 0 unspecified atom stereocenters. The monoisotopic (exact) mass is 295 g/mol. The van der Waals surface area contributed by atoms with Crippen LogP contribution in [0.1, 0.15) is 43.7 Å². The van der Waals surface area contributed by atoms with Crippen molar-refractivity contribution in [1.82, 2.24) is 10.3 Å². The average molecular weight is 295 g/mol. The molecule has 0 spiro atoms. The number of anilines is 1. The third-order valence-electron chi connectivity index (χ3n) is 3.73. The van der Waals surface area contributed by atoms with Gasteiger partial charge in [0.05, 0.1) is 24.8 Å². The molecule has 3 rings (SSSR count). The zero-order valence-electron chi connectivity index (χ0n) is 11.6. The van der Waals surface area contributed by atoms with Gasteiger partial charge in [0.25, 0.3) is 0 Å². The summed E-state index contributed by atoms with van der Waals surface area (Å²) in [4.78, 5) is 16.3. The van der Waals surface area contributed by atoms with Crippen LogP contribution in [0.4, 0.5) is 5.13 Å². The van der Waals surface area contributed by atoms with Crippen LogP contribution < -0.4 is 10.6 Å². The Hall–Kier alpha value is -0.980. The summed E-state index contributed by atoms with van der Waals surface area (Å²) in [7, 11) is 0. The second-order valence-corrected chi connectivity index (χ2v) is 6.33. The Labute approximate surface area is 123 Å². The highest BCUT2D eigenvalue weighted by Crippen LogP contribution is 2.40. The summed E-state index contributed by atoms with van der Waals surface area (Å²) in [6.07, 6.45) is 5.27. The molecule has 1 aromatic heterocycles. The van der Waals surface area contributed by atoms with Crippen molar-refractivity contribution in [1.29, 1.82) is 0 Å². The van der Waals surface area contributed by atoms with E-state index in [1.807, 2.05) is 0 Å². The van der Waals surface area contributed by atoms with Crippen LogP contribution in [-0.2, 0) is 9.53 Å². The molecule has 2 aliphatic rings. The van der Waals surface area contributed by atoms with Crippen molar-refractivity contribution in [2.75, 3.05) is 25.0 Å². The maximum Gasteiger partial charge on any atom is 0.228 e. The first-order valence-electron chi connectivity index (χ1n) is 7.39. The van der Waals surface area contributed by atoms with Crippen molar-refractivity contribution in [3.05, 3.63) is 11.1 Å². The normalized spacial score (nSPS) is 20.0. The van der Waals surface area contributed by atoms with Gasteiger partial charge in [-0.2, -0.15) is 0 Å². The lowest BCUT2D eigenvalue weighted by atomic mass is 10.1. The van der Waals surface area contributed by atoms with E-state index in [0.29, 0.717) is 25.0 Å². The molecule has 1 saturated heterocycles. The number of carbonyl (C=O) groups is 1. The Bertz CT molecular complexity index is 453. The third-order valence-corrected chi connectivity index (χ3v) is 4.51. The molecule has 0 radical (unpaired) electrons. The van der Waals surface area contributed by atoms with Crippen LogP contribution in [0.2, 0.25) is 0 Å². The Morgan fingerprint density at radius 2 is 2.20 bits per heavy atom. The number of aromatic nitrogens is 1. The maximum atomic E-state index is 11.8. The van der Waals surface area contributed by atoms with Crippen LogP contribution >= 0.6 is 11.3 Å². The molecule has 0 atom stereocenters. The van der Waals surface area contributed by atoms with Gasteiger partial charge in [-0.05, 0) is 38.8 Å². The molecule has 1 aromatic rings. The first-order valence-corrected chi connectivity index (χ1v) is 8.27. The number of nitrogens with one attached hydrogen (secondary N) is 2. The van der Waals surface area contributed by atoms with Crippen molar-refractivity contribution in [3.8, 4) is 0 Å². The Morgan fingerprint density at radius 3 is 2.95 bits per heavy atom. The fraction of sp³-hybridized carbons (Fsp3) is 0.714. The van der Waals surface area contributed by atoms with Crippen LogP contribution in [-0.4, -0.2) is 36.7 Å². The van der Waals surface area contributed by atoms with Crippen molar-refractivity contribution < 1.29 is 9.53 Å². The summed E-state index contributed by atoms with van der Waals surface area (Å²) in [5.74, 6) is 0.635. The number of carbonyl (C=O) groups excluding carboxylic acids is 1. The van der Waals surface area contributed by atoms with E-state index in [4.69, 9.17) is 4.74 Å². The number of nitrogens with zero attached hydrogens (tertiary/aromatic N) is 1. The molecule has 1 amide bonds. The van der Waals surface area contributed by atoms with Gasteiger partial charge in [-0.15, -0.1) is 11.3 Å². The largest absolute Gasteiger partial charge is 0.378 e. The van der Waals surface area contributed by atoms with E-state index < -0.39 is 0 Å². The smallest absolute Gasteiger partial charge is 0.228 e. The van der Waals surface area contributed by atoms with Crippen molar-refractivity contribution in [2.45, 2.75) is 44.1 Å². The molecule has 0 bridgehead atoms. The number of thiazole rings is 1. The second kappa shape index (κ2) is 6.65. The van der Waals surface area contributed by atoms with Crippen LogP contribution in [0, 0.1) is 0 Å². The predicted molar refractivity (Wildman–Crippen MR) is 79.2 cm³/mol. The summed E-state index contributed by atoms with van der Waals surface area (Å²) < 4.78 is 5.73. The number of amides is 1. The molecular formula is C14H21N3O2S. The lowest BCUT2D eigenvalue weighted by Crippen LogP contribution is -2.33. The first-order chi connectivity index (χ1) is 9.81. The molecule has 2 heterocycles. The van der Waals surface area contributed by atoms with E-state index in [1.54, 1.807) is 0 Å². The molecule has 6 heteroatoms. The molecule has 0 aromatic carbocycles. The number of piperidine rings is 1. The SMILES string of the molecule is O=C(CCOC1CCNCC1)Nc1nc(C2CC2)cs1. The minimum Gasteiger partial charge on any atom is -0.378 e. The molecule has 2 N–H and O–H groups in total. The highest BCUT2D eigenvalue weighted by atomic mass is 32.1. The summed E-state index contributed by atoms with van der Waals surface area (Å²) >= 11 is 1.52. The van der Waals surface area contributed by atoms with E-state index >= 15 is 0 Å². The number of ether oxygens (including phenoxy) is 1. The van der Waals surface area contributed by atoms with Crippen LogP contribution in [0.3, 0.4) is 0 Å². The lowest BCUT2D eigenvalue weighted by Gasteiger charge is -2.22.